The second-order valence-corrected chi connectivity index (χ2v) is 7.34. The fraction of sp³-hybridized carbons (Fsp3) is 0.333. The molecule has 0 amide bonds. The fourth-order valence-corrected chi connectivity index (χ4v) is 3.78. The van der Waals surface area contributed by atoms with E-state index in [0.717, 1.165) is 0 Å². The molecule has 0 saturated carbocycles. The molecule has 1 heterocycles. The van der Waals surface area contributed by atoms with Gasteiger partial charge in [0.25, 0.3) is 0 Å². The van der Waals surface area contributed by atoms with Crippen LogP contribution in [-0.2, 0) is 14.2 Å². The lowest BCUT2D eigenvalue weighted by Gasteiger charge is -2.41. The molecule has 0 unspecified atom stereocenters. The number of hydrogen-bond donors (Lipinski definition) is 1. The van der Waals surface area contributed by atoms with Gasteiger partial charge in [-0.1, -0.05) is 36.4 Å². The summed E-state index contributed by atoms with van der Waals surface area (Å²) < 4.78 is 16.9. The Bertz CT molecular complexity index is 797. The monoisotopic (exact) mass is 402 g/mol. The third kappa shape index (κ3) is 4.55. The van der Waals surface area contributed by atoms with Gasteiger partial charge in [0.15, 0.2) is 12.2 Å². The lowest BCUT2D eigenvalue weighted by Crippen LogP contribution is -2.58. The van der Waals surface area contributed by atoms with Crippen LogP contribution in [-0.4, -0.2) is 53.2 Å². The number of hydrogen-bond acceptors (Lipinski definition) is 7. The average molecular weight is 402 g/mol. The summed E-state index contributed by atoms with van der Waals surface area (Å²) in [5, 5.41) is 10.8. The first-order valence-corrected chi connectivity index (χ1v) is 10.2. The van der Waals surface area contributed by atoms with Crippen molar-refractivity contribution in [1.29, 1.82) is 0 Å². The van der Waals surface area contributed by atoms with E-state index in [2.05, 4.69) is 0 Å². The van der Waals surface area contributed by atoms with E-state index in [-0.39, 0.29) is 0 Å². The van der Waals surface area contributed by atoms with Gasteiger partial charge in [-0.25, -0.2) is 9.59 Å². The molecular formula is C21H22O6S. The van der Waals surface area contributed by atoms with E-state index < -0.39 is 41.8 Å². The highest BCUT2D eigenvalue weighted by molar-refractivity contribution is 7.99. The predicted octanol–water partition coefficient (Wildman–Crippen LogP) is 2.91. The highest BCUT2D eigenvalue weighted by Gasteiger charge is 2.47. The van der Waals surface area contributed by atoms with E-state index in [1.165, 1.54) is 11.8 Å². The van der Waals surface area contributed by atoms with E-state index in [0.29, 0.717) is 11.1 Å². The fourth-order valence-electron chi connectivity index (χ4n) is 3.00. The van der Waals surface area contributed by atoms with Crippen molar-refractivity contribution in [2.75, 3.05) is 6.26 Å². The van der Waals surface area contributed by atoms with E-state index in [4.69, 9.17) is 14.2 Å². The summed E-state index contributed by atoms with van der Waals surface area (Å²) in [7, 11) is 0. The Balaban J connectivity index is 1.75. The third-order valence-corrected chi connectivity index (χ3v) is 5.33. The van der Waals surface area contributed by atoms with Crippen molar-refractivity contribution in [3.8, 4) is 0 Å². The van der Waals surface area contributed by atoms with Gasteiger partial charge in [0.05, 0.1) is 17.2 Å². The molecule has 0 spiro atoms. The second kappa shape index (κ2) is 9.23. The molecule has 148 valence electrons. The van der Waals surface area contributed by atoms with Crippen LogP contribution in [0.15, 0.2) is 60.7 Å². The van der Waals surface area contributed by atoms with E-state index in [9.17, 15) is 14.7 Å². The molecule has 1 saturated heterocycles. The zero-order chi connectivity index (χ0) is 20.1. The molecule has 1 fully saturated rings. The lowest BCUT2D eigenvalue weighted by molar-refractivity contribution is -0.194. The first-order chi connectivity index (χ1) is 13.5. The summed E-state index contributed by atoms with van der Waals surface area (Å²) in [6.45, 7) is 1.71. The Morgan fingerprint density at radius 2 is 1.36 bits per heavy atom. The molecule has 0 radical (unpaired) electrons. The molecular weight excluding hydrogens is 380 g/mol. The number of carbonyl (C=O) groups excluding carboxylic acids is 2. The molecule has 2 aromatic carbocycles. The number of aliphatic hydroxyl groups excluding tert-OH is 1. The summed E-state index contributed by atoms with van der Waals surface area (Å²) >= 11 is 1.32. The summed E-state index contributed by atoms with van der Waals surface area (Å²) in [6, 6.07) is 17.0. The number of aliphatic hydroxyl groups is 1. The van der Waals surface area contributed by atoms with Gasteiger partial charge in [0.1, 0.15) is 11.5 Å². The molecule has 1 N–H and O–H groups in total. The quantitative estimate of drug-likeness (QED) is 0.770. The van der Waals surface area contributed by atoms with E-state index in [1.54, 1.807) is 73.8 Å². The van der Waals surface area contributed by atoms with E-state index >= 15 is 0 Å². The predicted molar refractivity (Wildman–Crippen MR) is 105 cm³/mol. The van der Waals surface area contributed by atoms with Crippen molar-refractivity contribution in [3.05, 3.63) is 71.8 Å². The average Bonchev–Trinajstić information content (AvgIpc) is 2.73. The topological polar surface area (TPSA) is 82.1 Å². The maximum absolute atomic E-state index is 12.4. The Hall–Kier alpha value is -2.35. The summed E-state index contributed by atoms with van der Waals surface area (Å²) in [6.07, 6.45) is -1.94. The van der Waals surface area contributed by atoms with Crippen LogP contribution in [0.1, 0.15) is 27.6 Å². The van der Waals surface area contributed by atoms with Crippen LogP contribution in [0.4, 0.5) is 0 Å². The van der Waals surface area contributed by atoms with Crippen LogP contribution < -0.4 is 0 Å². The normalized spacial score (nSPS) is 27.0. The van der Waals surface area contributed by atoms with Gasteiger partial charge in [-0.2, -0.15) is 0 Å². The Kier molecular flexibility index (Phi) is 6.72. The highest BCUT2D eigenvalue weighted by Crippen LogP contribution is 2.31. The van der Waals surface area contributed by atoms with Crippen molar-refractivity contribution in [1.82, 2.24) is 0 Å². The Labute approximate surface area is 167 Å². The molecule has 28 heavy (non-hydrogen) atoms. The second-order valence-electron chi connectivity index (χ2n) is 6.41. The van der Waals surface area contributed by atoms with Gasteiger partial charge in [-0.3, -0.25) is 0 Å². The number of benzene rings is 2. The zero-order valence-electron chi connectivity index (χ0n) is 15.6. The maximum Gasteiger partial charge on any atom is 0.338 e. The van der Waals surface area contributed by atoms with Crippen LogP contribution in [0.5, 0.6) is 0 Å². The van der Waals surface area contributed by atoms with Gasteiger partial charge >= 0.3 is 11.9 Å². The molecule has 1 aliphatic rings. The summed E-state index contributed by atoms with van der Waals surface area (Å²) in [5.41, 5.74) is 0.155. The number of carbonyl (C=O) groups is 2. The van der Waals surface area contributed by atoms with Gasteiger partial charge in [0, 0.05) is 0 Å². The first-order valence-electron chi connectivity index (χ1n) is 8.89. The number of ether oxygens (including phenoxy) is 3. The largest absolute Gasteiger partial charge is 0.453 e. The lowest BCUT2D eigenvalue weighted by atomic mass is 10.00. The smallest absolute Gasteiger partial charge is 0.338 e. The molecule has 0 bridgehead atoms. The molecule has 1 aliphatic heterocycles. The molecule has 2 aromatic rings. The van der Waals surface area contributed by atoms with Gasteiger partial charge in [0.2, 0.25) is 0 Å². The summed E-state index contributed by atoms with van der Waals surface area (Å²) in [4.78, 5) is 24.8. The maximum atomic E-state index is 12.4. The van der Waals surface area contributed by atoms with Crippen molar-refractivity contribution >= 4 is 23.7 Å². The minimum atomic E-state index is -1.22. The van der Waals surface area contributed by atoms with Crippen molar-refractivity contribution < 1.29 is 28.9 Å². The molecule has 5 atom stereocenters. The minimum absolute atomic E-state index is 0.367. The zero-order valence-corrected chi connectivity index (χ0v) is 16.4. The molecule has 0 aromatic heterocycles. The first kappa shape index (κ1) is 20.4. The number of esters is 2. The molecule has 7 heteroatoms. The highest BCUT2D eigenvalue weighted by atomic mass is 32.2. The van der Waals surface area contributed by atoms with Crippen LogP contribution in [0, 0.1) is 0 Å². The molecule has 3 rings (SSSR count). The molecule has 0 aliphatic carbocycles. The van der Waals surface area contributed by atoms with Gasteiger partial charge in [-0.15, -0.1) is 11.8 Å². The Morgan fingerprint density at radius 1 is 0.893 bits per heavy atom. The van der Waals surface area contributed by atoms with E-state index in [1.807, 2.05) is 0 Å². The van der Waals surface area contributed by atoms with Crippen LogP contribution in [0.2, 0.25) is 0 Å². The Morgan fingerprint density at radius 3 is 1.82 bits per heavy atom. The standard InChI is InChI=1S/C21H22O6S/c1-13-17(26-19(23)14-9-5-3-6-10-14)16(22)18(21(25-13)28-2)27-20(24)15-11-7-4-8-12-15/h3-13,16-18,21-22H,1-2H3/t13-,16+,17-,18+,21-/m0/s1. The molecule has 6 nitrogen and oxygen atoms in total. The van der Waals surface area contributed by atoms with Crippen LogP contribution >= 0.6 is 11.8 Å². The van der Waals surface area contributed by atoms with Crippen molar-refractivity contribution in [2.24, 2.45) is 0 Å². The number of rotatable bonds is 5. The van der Waals surface area contributed by atoms with Crippen molar-refractivity contribution in [2.45, 2.75) is 36.8 Å². The van der Waals surface area contributed by atoms with Crippen LogP contribution in [0.25, 0.3) is 0 Å². The third-order valence-electron chi connectivity index (χ3n) is 4.49. The van der Waals surface area contributed by atoms with Crippen molar-refractivity contribution in [3.63, 3.8) is 0 Å². The summed E-state index contributed by atoms with van der Waals surface area (Å²) in [5.74, 6) is -1.15. The van der Waals surface area contributed by atoms with Gasteiger partial charge in [-0.05, 0) is 37.4 Å². The van der Waals surface area contributed by atoms with Gasteiger partial charge < -0.3 is 19.3 Å². The minimum Gasteiger partial charge on any atom is -0.453 e. The SMILES string of the molecule is CS[C@@H]1O[C@@H](C)[C@H](OC(=O)c2ccccc2)[C@@H](O)[C@H]1OC(=O)c1ccccc1. The van der Waals surface area contributed by atoms with Crippen LogP contribution in [0.3, 0.4) is 0 Å². The number of thioether (sulfide) groups is 1.